The molecule has 0 aliphatic heterocycles. The summed E-state index contributed by atoms with van der Waals surface area (Å²) in [6.45, 7) is 0. The van der Waals surface area contributed by atoms with Crippen molar-refractivity contribution in [3.63, 3.8) is 0 Å². The lowest BCUT2D eigenvalue weighted by Gasteiger charge is -2.13. The third kappa shape index (κ3) is 2.66. The minimum Gasteiger partial charge on any atom is -0.497 e. The first-order chi connectivity index (χ1) is 10.7. The van der Waals surface area contributed by atoms with Crippen LogP contribution in [0.1, 0.15) is 5.56 Å². The molecule has 110 valence electrons. The van der Waals surface area contributed by atoms with Crippen molar-refractivity contribution in [1.82, 2.24) is 0 Å². The van der Waals surface area contributed by atoms with Crippen LogP contribution >= 0.6 is 0 Å². The quantitative estimate of drug-likeness (QED) is 0.799. The third-order valence-electron chi connectivity index (χ3n) is 3.79. The van der Waals surface area contributed by atoms with Gasteiger partial charge in [0.15, 0.2) is 0 Å². The molecule has 3 heteroatoms. The highest BCUT2D eigenvalue weighted by molar-refractivity contribution is 5.95. The number of carbonyl (C=O) groups is 1. The van der Waals surface area contributed by atoms with Crippen LogP contribution < -0.4 is 10.5 Å². The van der Waals surface area contributed by atoms with E-state index >= 15 is 0 Å². The molecule has 0 aliphatic rings. The summed E-state index contributed by atoms with van der Waals surface area (Å²) >= 11 is 0. The second kappa shape index (κ2) is 5.90. The fraction of sp³-hybridized carbons (Fsp3) is 0.105. The molecule has 0 radical (unpaired) electrons. The van der Waals surface area contributed by atoms with E-state index < -0.39 is 0 Å². The van der Waals surface area contributed by atoms with Gasteiger partial charge in [0.1, 0.15) is 5.75 Å². The number of methoxy groups -OCH3 is 1. The van der Waals surface area contributed by atoms with Gasteiger partial charge in [0.25, 0.3) is 0 Å². The maximum Gasteiger partial charge on any atom is 0.221 e. The van der Waals surface area contributed by atoms with Crippen molar-refractivity contribution < 1.29 is 9.53 Å². The summed E-state index contributed by atoms with van der Waals surface area (Å²) in [7, 11) is 1.64. The third-order valence-corrected chi connectivity index (χ3v) is 3.79. The second-order valence-corrected chi connectivity index (χ2v) is 5.18. The lowest BCUT2D eigenvalue weighted by atomic mass is 9.92. The van der Waals surface area contributed by atoms with Crippen LogP contribution in [0.25, 0.3) is 21.9 Å². The number of benzene rings is 3. The Bertz CT molecular complexity index is 822. The maximum atomic E-state index is 11.5. The zero-order chi connectivity index (χ0) is 15.5. The molecule has 0 bridgehead atoms. The Balaban J connectivity index is 2.20. The normalized spacial score (nSPS) is 10.6. The van der Waals surface area contributed by atoms with E-state index in [1.807, 2.05) is 54.6 Å². The van der Waals surface area contributed by atoms with Gasteiger partial charge in [0, 0.05) is 0 Å². The molecule has 3 nitrogen and oxygen atoms in total. The minimum absolute atomic E-state index is 0.225. The molecule has 3 rings (SSSR count). The average Bonchev–Trinajstić information content (AvgIpc) is 2.55. The van der Waals surface area contributed by atoms with E-state index in [9.17, 15) is 4.79 Å². The van der Waals surface area contributed by atoms with Gasteiger partial charge in [-0.05, 0) is 39.6 Å². The van der Waals surface area contributed by atoms with E-state index in [0.717, 1.165) is 33.2 Å². The van der Waals surface area contributed by atoms with Crippen LogP contribution in [0.5, 0.6) is 5.75 Å². The molecule has 0 unspecified atom stereocenters. The molecule has 22 heavy (non-hydrogen) atoms. The summed E-state index contributed by atoms with van der Waals surface area (Å²) in [4.78, 5) is 11.5. The van der Waals surface area contributed by atoms with Crippen molar-refractivity contribution in [2.75, 3.05) is 7.11 Å². The van der Waals surface area contributed by atoms with Gasteiger partial charge in [-0.2, -0.15) is 0 Å². The molecule has 0 saturated heterocycles. The summed E-state index contributed by atoms with van der Waals surface area (Å²) in [6.07, 6.45) is 0.225. The maximum absolute atomic E-state index is 11.5. The summed E-state index contributed by atoms with van der Waals surface area (Å²) in [5, 5.41) is 2.17. The minimum atomic E-state index is -0.328. The Morgan fingerprint density at radius 2 is 1.73 bits per heavy atom. The van der Waals surface area contributed by atoms with Crippen LogP contribution in [0.2, 0.25) is 0 Å². The molecule has 0 heterocycles. The number of fused-ring (bicyclic) bond motifs is 1. The van der Waals surface area contributed by atoms with E-state index in [1.165, 1.54) is 0 Å². The largest absolute Gasteiger partial charge is 0.497 e. The highest BCUT2D eigenvalue weighted by atomic mass is 16.5. The van der Waals surface area contributed by atoms with Crippen molar-refractivity contribution in [1.29, 1.82) is 0 Å². The number of carbonyl (C=O) groups excluding carboxylic acids is 1. The van der Waals surface area contributed by atoms with Crippen LogP contribution in [-0.2, 0) is 11.2 Å². The number of amides is 1. The molecular formula is C19H17NO2. The van der Waals surface area contributed by atoms with Gasteiger partial charge >= 0.3 is 0 Å². The molecule has 0 aromatic heterocycles. The predicted octanol–water partition coefficient (Wildman–Crippen LogP) is 3.54. The first-order valence-electron chi connectivity index (χ1n) is 7.12. The molecule has 0 fully saturated rings. The summed E-state index contributed by atoms with van der Waals surface area (Å²) in [6, 6.07) is 20.0. The Hall–Kier alpha value is -2.81. The molecular weight excluding hydrogens is 274 g/mol. The smallest absolute Gasteiger partial charge is 0.221 e. The van der Waals surface area contributed by atoms with Crippen LogP contribution in [0, 0.1) is 0 Å². The lowest BCUT2D eigenvalue weighted by Crippen LogP contribution is -2.14. The molecule has 0 atom stereocenters. The Morgan fingerprint density at radius 1 is 1.00 bits per heavy atom. The van der Waals surface area contributed by atoms with Gasteiger partial charge in [0.05, 0.1) is 13.5 Å². The number of hydrogen-bond acceptors (Lipinski definition) is 2. The van der Waals surface area contributed by atoms with Gasteiger partial charge in [-0.1, -0.05) is 48.5 Å². The van der Waals surface area contributed by atoms with Gasteiger partial charge in [-0.3, -0.25) is 4.79 Å². The zero-order valence-electron chi connectivity index (χ0n) is 12.4. The van der Waals surface area contributed by atoms with Crippen molar-refractivity contribution in [2.24, 2.45) is 5.73 Å². The zero-order valence-corrected chi connectivity index (χ0v) is 12.4. The van der Waals surface area contributed by atoms with E-state index in [-0.39, 0.29) is 12.3 Å². The fourth-order valence-electron chi connectivity index (χ4n) is 2.74. The van der Waals surface area contributed by atoms with E-state index in [1.54, 1.807) is 7.11 Å². The molecule has 1 amide bonds. The van der Waals surface area contributed by atoms with Crippen molar-refractivity contribution in [3.8, 4) is 16.9 Å². The molecule has 0 aliphatic carbocycles. The molecule has 3 aromatic carbocycles. The molecule has 3 aromatic rings. The lowest BCUT2D eigenvalue weighted by molar-refractivity contribution is -0.117. The van der Waals surface area contributed by atoms with Gasteiger partial charge in [-0.15, -0.1) is 0 Å². The number of rotatable bonds is 4. The van der Waals surface area contributed by atoms with E-state index in [0.29, 0.717) is 0 Å². The topological polar surface area (TPSA) is 52.3 Å². The summed E-state index contributed by atoms with van der Waals surface area (Å²) in [5.41, 5.74) is 8.49. The van der Waals surface area contributed by atoms with Crippen LogP contribution in [0.4, 0.5) is 0 Å². The highest BCUT2D eigenvalue weighted by Gasteiger charge is 2.11. The number of hydrogen-bond donors (Lipinski definition) is 1. The standard InChI is InChI=1S/C19H17NO2/c1-22-15-9-6-14(7-10-15)17-11-8-13-4-2-3-5-16(13)18(17)12-19(20)21/h2-11H,12H2,1H3,(H2,20,21). The number of nitrogens with two attached hydrogens (primary N) is 1. The molecule has 0 spiro atoms. The summed E-state index contributed by atoms with van der Waals surface area (Å²) < 4.78 is 5.20. The second-order valence-electron chi connectivity index (χ2n) is 5.18. The highest BCUT2D eigenvalue weighted by Crippen LogP contribution is 2.31. The van der Waals surface area contributed by atoms with Crippen molar-refractivity contribution >= 4 is 16.7 Å². The monoisotopic (exact) mass is 291 g/mol. The van der Waals surface area contributed by atoms with Crippen molar-refractivity contribution in [2.45, 2.75) is 6.42 Å². The Morgan fingerprint density at radius 3 is 2.41 bits per heavy atom. The predicted molar refractivity (Wildman–Crippen MR) is 88.8 cm³/mol. The first kappa shape index (κ1) is 14.1. The number of primary amides is 1. The van der Waals surface area contributed by atoms with Crippen LogP contribution in [-0.4, -0.2) is 13.0 Å². The fourth-order valence-corrected chi connectivity index (χ4v) is 2.74. The van der Waals surface area contributed by atoms with Crippen molar-refractivity contribution in [3.05, 3.63) is 66.2 Å². The van der Waals surface area contributed by atoms with Crippen LogP contribution in [0.15, 0.2) is 60.7 Å². The Kier molecular flexibility index (Phi) is 3.79. The SMILES string of the molecule is COc1ccc(-c2ccc3ccccc3c2CC(N)=O)cc1. The Labute approximate surface area is 129 Å². The first-order valence-corrected chi connectivity index (χ1v) is 7.12. The molecule has 2 N–H and O–H groups in total. The van der Waals surface area contributed by atoms with E-state index in [2.05, 4.69) is 6.07 Å². The number of ether oxygens (including phenoxy) is 1. The average molecular weight is 291 g/mol. The van der Waals surface area contributed by atoms with E-state index in [4.69, 9.17) is 10.5 Å². The van der Waals surface area contributed by atoms with Gasteiger partial charge in [0.2, 0.25) is 5.91 Å². The van der Waals surface area contributed by atoms with Gasteiger partial charge < -0.3 is 10.5 Å². The molecule has 0 saturated carbocycles. The van der Waals surface area contributed by atoms with Gasteiger partial charge in [-0.25, -0.2) is 0 Å². The van der Waals surface area contributed by atoms with Crippen LogP contribution in [0.3, 0.4) is 0 Å². The summed E-state index contributed by atoms with van der Waals surface area (Å²) in [5.74, 6) is 0.479.